The summed E-state index contributed by atoms with van der Waals surface area (Å²) in [6.45, 7) is 7.27. The van der Waals surface area contributed by atoms with Crippen LogP contribution in [0.2, 0.25) is 0 Å². The highest BCUT2D eigenvalue weighted by molar-refractivity contribution is 7.17. The Morgan fingerprint density at radius 1 is 1.08 bits per heavy atom. The molecule has 4 rings (SSSR count). The average Bonchev–Trinajstić information content (AvgIpc) is 3.23. The zero-order valence-corrected chi connectivity index (χ0v) is 22.1. The van der Waals surface area contributed by atoms with Gasteiger partial charge in [0.05, 0.1) is 12.7 Å². The Kier molecular flexibility index (Phi) is 7.94. The average molecular weight is 504 g/mol. The Balaban J connectivity index is 1.42. The Labute approximate surface area is 217 Å². The Bertz CT molecular complexity index is 1240. The lowest BCUT2D eigenvalue weighted by atomic mass is 9.72. The summed E-state index contributed by atoms with van der Waals surface area (Å²) >= 11 is 1.50. The van der Waals surface area contributed by atoms with Crippen molar-refractivity contribution in [1.29, 1.82) is 0 Å². The van der Waals surface area contributed by atoms with Crippen LogP contribution in [0.1, 0.15) is 59.1 Å². The van der Waals surface area contributed by atoms with Gasteiger partial charge in [0, 0.05) is 11.0 Å². The molecule has 1 amide bonds. The third-order valence-corrected chi connectivity index (χ3v) is 7.84. The van der Waals surface area contributed by atoms with Gasteiger partial charge in [-0.3, -0.25) is 4.79 Å². The molecule has 1 atom stereocenters. The maximum Gasteiger partial charge on any atom is 0.341 e. The molecule has 0 spiro atoms. The first-order chi connectivity index (χ1) is 17.2. The highest BCUT2D eigenvalue weighted by Gasteiger charge is 2.34. The van der Waals surface area contributed by atoms with E-state index in [1.54, 1.807) is 6.08 Å². The van der Waals surface area contributed by atoms with E-state index in [1.165, 1.54) is 29.4 Å². The van der Waals surface area contributed by atoms with Gasteiger partial charge in [-0.25, -0.2) is 4.79 Å². The van der Waals surface area contributed by atoms with Crippen LogP contribution in [0.3, 0.4) is 0 Å². The summed E-state index contributed by atoms with van der Waals surface area (Å²) in [4.78, 5) is 26.5. The van der Waals surface area contributed by atoms with Crippen LogP contribution in [0.25, 0.3) is 6.08 Å². The minimum atomic E-state index is -0.396. The van der Waals surface area contributed by atoms with Gasteiger partial charge in [-0.05, 0) is 65.5 Å². The van der Waals surface area contributed by atoms with Gasteiger partial charge < -0.3 is 14.8 Å². The van der Waals surface area contributed by atoms with Crippen molar-refractivity contribution in [3.8, 4) is 5.75 Å². The predicted octanol–water partition coefficient (Wildman–Crippen LogP) is 6.92. The number of carbonyl (C=O) groups excluding carboxylic acids is 2. The zero-order chi connectivity index (χ0) is 25.7. The molecule has 0 saturated carbocycles. The molecule has 1 unspecified atom stereocenters. The quantitative estimate of drug-likeness (QED) is 0.281. The summed E-state index contributed by atoms with van der Waals surface area (Å²) in [5.74, 6) is 0.626. The van der Waals surface area contributed by atoms with Gasteiger partial charge in [-0.2, -0.15) is 0 Å². The first-order valence-electron chi connectivity index (χ1n) is 12.2. The molecule has 1 aliphatic rings. The van der Waals surface area contributed by atoms with Gasteiger partial charge in [-0.1, -0.05) is 63.2 Å². The van der Waals surface area contributed by atoms with Crippen LogP contribution >= 0.6 is 11.3 Å². The van der Waals surface area contributed by atoms with Crippen LogP contribution in [0.5, 0.6) is 5.75 Å². The van der Waals surface area contributed by atoms with Crippen molar-refractivity contribution < 1.29 is 19.1 Å². The number of fused-ring (bicyclic) bond motifs is 1. The fourth-order valence-corrected chi connectivity index (χ4v) is 5.79. The number of anilines is 1. The lowest BCUT2D eigenvalue weighted by Gasteiger charge is -2.33. The summed E-state index contributed by atoms with van der Waals surface area (Å²) in [5.41, 5.74) is 3.71. The molecule has 0 fully saturated rings. The van der Waals surface area contributed by atoms with Crippen LogP contribution in [-0.2, 0) is 29.0 Å². The largest absolute Gasteiger partial charge is 0.489 e. The van der Waals surface area contributed by atoms with Gasteiger partial charge in [0.2, 0.25) is 5.91 Å². The van der Waals surface area contributed by atoms with Crippen molar-refractivity contribution >= 4 is 34.3 Å². The third kappa shape index (κ3) is 6.24. The monoisotopic (exact) mass is 503 g/mol. The first-order valence-corrected chi connectivity index (χ1v) is 13.0. The van der Waals surface area contributed by atoms with E-state index in [-0.39, 0.29) is 11.3 Å². The molecule has 0 aliphatic heterocycles. The lowest BCUT2D eigenvalue weighted by Crippen LogP contribution is -2.26. The number of thiophene rings is 1. The van der Waals surface area contributed by atoms with Gasteiger partial charge in [0.15, 0.2) is 0 Å². The maximum atomic E-state index is 12.7. The number of amides is 1. The molecule has 2 aromatic carbocycles. The van der Waals surface area contributed by atoms with E-state index in [0.29, 0.717) is 23.1 Å². The van der Waals surface area contributed by atoms with E-state index in [9.17, 15) is 9.59 Å². The Morgan fingerprint density at radius 2 is 1.81 bits per heavy atom. The predicted molar refractivity (Wildman–Crippen MR) is 146 cm³/mol. The van der Waals surface area contributed by atoms with Crippen LogP contribution in [0, 0.1) is 11.3 Å². The standard InChI is InChI=1S/C30H33NO4S/c1-30(2,3)22-13-16-24-25(18-22)36-28(27(24)29(33)34-4)31-26(32)17-12-20-10-14-23(15-11-20)35-19-21-8-6-5-7-9-21/h5-12,14-15,17,22H,13,16,18-19H2,1-4H3,(H,31,32). The van der Waals surface area contributed by atoms with Crippen molar-refractivity contribution in [3.63, 3.8) is 0 Å². The van der Waals surface area contributed by atoms with Gasteiger partial charge in [0.1, 0.15) is 17.4 Å². The Morgan fingerprint density at radius 3 is 2.47 bits per heavy atom. The molecule has 1 N–H and O–H groups in total. The van der Waals surface area contributed by atoms with E-state index in [2.05, 4.69) is 26.1 Å². The number of nitrogens with one attached hydrogen (secondary N) is 1. The number of carbonyl (C=O) groups is 2. The molecule has 6 heteroatoms. The molecule has 1 heterocycles. The van der Waals surface area contributed by atoms with Crippen LogP contribution in [-0.4, -0.2) is 19.0 Å². The number of hydrogen-bond acceptors (Lipinski definition) is 5. The van der Waals surface area contributed by atoms with E-state index in [0.717, 1.165) is 41.7 Å². The van der Waals surface area contributed by atoms with Crippen LogP contribution < -0.4 is 10.1 Å². The van der Waals surface area contributed by atoms with Crippen LogP contribution in [0.4, 0.5) is 5.00 Å². The number of hydrogen-bond donors (Lipinski definition) is 1. The van der Waals surface area contributed by atoms with Crippen molar-refractivity contribution in [2.24, 2.45) is 11.3 Å². The van der Waals surface area contributed by atoms with Crippen molar-refractivity contribution in [2.45, 2.75) is 46.6 Å². The van der Waals surface area contributed by atoms with Crippen molar-refractivity contribution in [1.82, 2.24) is 0 Å². The number of ether oxygens (including phenoxy) is 2. The number of rotatable bonds is 7. The summed E-state index contributed by atoms with van der Waals surface area (Å²) in [7, 11) is 1.38. The van der Waals surface area contributed by atoms with E-state index in [4.69, 9.17) is 9.47 Å². The minimum absolute atomic E-state index is 0.196. The molecular formula is C30H33NO4S. The van der Waals surface area contributed by atoms with E-state index in [1.807, 2.05) is 54.6 Å². The minimum Gasteiger partial charge on any atom is -0.489 e. The zero-order valence-electron chi connectivity index (χ0n) is 21.3. The first kappa shape index (κ1) is 25.7. The molecule has 3 aromatic rings. The summed E-state index contributed by atoms with van der Waals surface area (Å²) in [6, 6.07) is 17.6. The fourth-order valence-electron chi connectivity index (χ4n) is 4.47. The summed E-state index contributed by atoms with van der Waals surface area (Å²) < 4.78 is 10.9. The highest BCUT2D eigenvalue weighted by Crippen LogP contribution is 2.44. The molecule has 0 saturated heterocycles. The van der Waals surface area contributed by atoms with Crippen molar-refractivity contribution in [2.75, 3.05) is 12.4 Å². The maximum absolute atomic E-state index is 12.7. The normalized spacial score (nSPS) is 15.4. The molecular weight excluding hydrogens is 470 g/mol. The summed E-state index contributed by atoms with van der Waals surface area (Å²) in [5, 5.41) is 3.49. The molecule has 0 radical (unpaired) electrons. The van der Waals surface area contributed by atoms with E-state index >= 15 is 0 Å². The summed E-state index contributed by atoms with van der Waals surface area (Å²) in [6.07, 6.45) is 5.99. The second kappa shape index (κ2) is 11.1. The lowest BCUT2D eigenvalue weighted by molar-refractivity contribution is -0.111. The molecule has 188 valence electrons. The van der Waals surface area contributed by atoms with Crippen molar-refractivity contribution in [3.05, 3.63) is 87.8 Å². The second-order valence-electron chi connectivity index (χ2n) is 10.2. The molecule has 5 nitrogen and oxygen atoms in total. The smallest absolute Gasteiger partial charge is 0.341 e. The number of methoxy groups -OCH3 is 1. The topological polar surface area (TPSA) is 64.6 Å². The fraction of sp³-hybridized carbons (Fsp3) is 0.333. The highest BCUT2D eigenvalue weighted by atomic mass is 32.1. The Hall–Kier alpha value is -3.38. The molecule has 0 bridgehead atoms. The number of benzene rings is 2. The van der Waals surface area contributed by atoms with Gasteiger partial charge >= 0.3 is 5.97 Å². The van der Waals surface area contributed by atoms with E-state index < -0.39 is 5.97 Å². The van der Waals surface area contributed by atoms with Crippen LogP contribution in [0.15, 0.2) is 60.7 Å². The molecule has 1 aromatic heterocycles. The third-order valence-electron chi connectivity index (χ3n) is 6.67. The van der Waals surface area contributed by atoms with Gasteiger partial charge in [0.25, 0.3) is 0 Å². The molecule has 36 heavy (non-hydrogen) atoms. The number of esters is 1. The SMILES string of the molecule is COC(=O)c1c(NC(=O)C=Cc2ccc(OCc3ccccc3)cc2)sc2c1CCC(C(C)(C)C)C2. The van der Waals surface area contributed by atoms with Gasteiger partial charge in [-0.15, -0.1) is 11.3 Å². The second-order valence-corrected chi connectivity index (χ2v) is 11.3. The molecule has 1 aliphatic carbocycles.